The number of aromatic amines is 1. The molecular weight excluding hydrogens is 368 g/mol. The molecule has 1 aromatic carbocycles. The van der Waals surface area contributed by atoms with Crippen LogP contribution in [0.25, 0.3) is 0 Å². The van der Waals surface area contributed by atoms with Crippen molar-refractivity contribution in [1.82, 2.24) is 14.9 Å². The number of hydrogen-bond donors (Lipinski definition) is 2. The van der Waals surface area contributed by atoms with Crippen molar-refractivity contribution < 1.29 is 9.47 Å². The molecule has 0 atom stereocenters. The molecule has 2 aliphatic heterocycles. The Balaban J connectivity index is 1.20. The molecule has 0 aliphatic carbocycles. The number of anilines is 1. The van der Waals surface area contributed by atoms with Gasteiger partial charge in [0.15, 0.2) is 0 Å². The molecule has 7 heteroatoms. The molecule has 0 radical (unpaired) electrons. The van der Waals surface area contributed by atoms with E-state index in [1.165, 1.54) is 31.5 Å². The normalized spacial score (nSPS) is 17.3. The molecule has 3 heterocycles. The van der Waals surface area contributed by atoms with Crippen molar-refractivity contribution in [2.75, 3.05) is 31.6 Å². The van der Waals surface area contributed by atoms with E-state index in [2.05, 4.69) is 45.3 Å². The van der Waals surface area contributed by atoms with Crippen molar-refractivity contribution in [3.05, 3.63) is 51.4 Å². The Bertz CT molecular complexity index is 875. The third kappa shape index (κ3) is 5.36. The topological polar surface area (TPSA) is 79.5 Å². The van der Waals surface area contributed by atoms with Gasteiger partial charge < -0.3 is 14.8 Å². The van der Waals surface area contributed by atoms with Gasteiger partial charge in [-0.2, -0.15) is 0 Å². The number of nitrogens with one attached hydrogen (secondary N) is 2. The van der Waals surface area contributed by atoms with E-state index in [0.717, 1.165) is 30.3 Å². The largest absolute Gasteiger partial charge is 0.494 e. The van der Waals surface area contributed by atoms with Gasteiger partial charge in [-0.15, -0.1) is 0 Å². The van der Waals surface area contributed by atoms with Crippen molar-refractivity contribution in [2.24, 2.45) is 5.92 Å². The van der Waals surface area contributed by atoms with E-state index in [9.17, 15) is 4.79 Å². The highest BCUT2D eigenvalue weighted by atomic mass is 16.5. The molecule has 0 unspecified atom stereocenters. The standard InChI is InChI=1S/C22H30N4O3/c1-16-6-9-26(10-7-16)13-17-4-2-5-18(12-17)29-11-3-8-23-22-24-20-15-28-14-19(20)21(27)25-22/h2,4-5,12,16H,3,6-11,13-15H2,1H3,(H2,23,24,25,27). The minimum atomic E-state index is -0.119. The second-order valence-corrected chi connectivity index (χ2v) is 8.07. The Hall–Kier alpha value is -2.38. The Morgan fingerprint density at radius 3 is 3.03 bits per heavy atom. The van der Waals surface area contributed by atoms with Crippen LogP contribution in [0.3, 0.4) is 0 Å². The van der Waals surface area contributed by atoms with Gasteiger partial charge in [-0.05, 0) is 56.0 Å². The predicted molar refractivity (Wildman–Crippen MR) is 112 cm³/mol. The molecule has 0 amide bonds. The third-order valence-corrected chi connectivity index (χ3v) is 5.65. The molecule has 29 heavy (non-hydrogen) atoms. The average molecular weight is 399 g/mol. The molecule has 2 N–H and O–H groups in total. The number of piperidine rings is 1. The zero-order valence-corrected chi connectivity index (χ0v) is 17.1. The summed E-state index contributed by atoms with van der Waals surface area (Å²) in [5.41, 5.74) is 2.55. The van der Waals surface area contributed by atoms with E-state index in [0.29, 0.717) is 37.9 Å². The molecule has 0 bridgehead atoms. The molecular formula is C22H30N4O3. The number of aromatic nitrogens is 2. The summed E-state index contributed by atoms with van der Waals surface area (Å²) >= 11 is 0. The maximum atomic E-state index is 12.0. The summed E-state index contributed by atoms with van der Waals surface area (Å²) in [5, 5.41) is 3.16. The highest BCUT2D eigenvalue weighted by Crippen LogP contribution is 2.20. The quantitative estimate of drug-likeness (QED) is 0.666. The van der Waals surface area contributed by atoms with Gasteiger partial charge in [0.1, 0.15) is 5.75 Å². The van der Waals surface area contributed by atoms with Crippen LogP contribution in [0, 0.1) is 5.92 Å². The van der Waals surface area contributed by atoms with Crippen molar-refractivity contribution in [1.29, 1.82) is 0 Å². The fourth-order valence-electron chi connectivity index (χ4n) is 3.83. The lowest BCUT2D eigenvalue weighted by molar-refractivity contribution is 0.133. The van der Waals surface area contributed by atoms with E-state index >= 15 is 0 Å². The first-order chi connectivity index (χ1) is 14.2. The average Bonchev–Trinajstić information content (AvgIpc) is 3.19. The van der Waals surface area contributed by atoms with Gasteiger partial charge in [-0.3, -0.25) is 14.7 Å². The lowest BCUT2D eigenvalue weighted by Gasteiger charge is -2.30. The Morgan fingerprint density at radius 2 is 2.17 bits per heavy atom. The van der Waals surface area contributed by atoms with Gasteiger partial charge in [0.05, 0.1) is 31.1 Å². The fourth-order valence-corrected chi connectivity index (χ4v) is 3.83. The highest BCUT2D eigenvalue weighted by Gasteiger charge is 2.18. The molecule has 2 aliphatic rings. The lowest BCUT2D eigenvalue weighted by Crippen LogP contribution is -2.32. The first-order valence-corrected chi connectivity index (χ1v) is 10.5. The zero-order valence-electron chi connectivity index (χ0n) is 17.1. The van der Waals surface area contributed by atoms with Gasteiger partial charge >= 0.3 is 0 Å². The van der Waals surface area contributed by atoms with Crippen molar-refractivity contribution >= 4 is 5.95 Å². The van der Waals surface area contributed by atoms with Gasteiger partial charge in [-0.25, -0.2) is 4.98 Å². The number of benzene rings is 1. The molecule has 2 aromatic rings. The first-order valence-electron chi connectivity index (χ1n) is 10.5. The zero-order chi connectivity index (χ0) is 20.1. The smallest absolute Gasteiger partial charge is 0.258 e. The molecule has 7 nitrogen and oxygen atoms in total. The SMILES string of the molecule is CC1CCN(Cc2cccc(OCCCNc3nc4c(c(=O)[nH]3)COC4)c2)CC1. The van der Waals surface area contributed by atoms with Crippen LogP contribution in [0.5, 0.6) is 5.75 Å². The van der Waals surface area contributed by atoms with Gasteiger partial charge in [0.2, 0.25) is 5.95 Å². The van der Waals surface area contributed by atoms with E-state index in [1.807, 2.05) is 6.07 Å². The van der Waals surface area contributed by atoms with Crippen LogP contribution in [-0.4, -0.2) is 41.1 Å². The molecule has 4 rings (SSSR count). The molecule has 1 saturated heterocycles. The number of hydrogen-bond acceptors (Lipinski definition) is 6. The molecule has 0 saturated carbocycles. The number of fused-ring (bicyclic) bond motifs is 1. The molecule has 1 fully saturated rings. The van der Waals surface area contributed by atoms with E-state index in [1.54, 1.807) is 0 Å². The second-order valence-electron chi connectivity index (χ2n) is 8.07. The lowest BCUT2D eigenvalue weighted by atomic mass is 9.99. The maximum Gasteiger partial charge on any atom is 0.258 e. The Kier molecular flexibility index (Phi) is 6.46. The van der Waals surface area contributed by atoms with Gasteiger partial charge in [0.25, 0.3) is 5.56 Å². The first kappa shape index (κ1) is 19.9. The van der Waals surface area contributed by atoms with Crippen LogP contribution in [-0.2, 0) is 24.5 Å². The summed E-state index contributed by atoms with van der Waals surface area (Å²) in [4.78, 5) is 21.6. The second kappa shape index (κ2) is 9.41. The van der Waals surface area contributed by atoms with Gasteiger partial charge in [-0.1, -0.05) is 19.1 Å². The van der Waals surface area contributed by atoms with Crippen LogP contribution in [0.4, 0.5) is 5.95 Å². The van der Waals surface area contributed by atoms with Crippen molar-refractivity contribution in [3.63, 3.8) is 0 Å². The summed E-state index contributed by atoms with van der Waals surface area (Å²) < 4.78 is 11.2. The number of H-pyrrole nitrogens is 1. The maximum absolute atomic E-state index is 12.0. The summed E-state index contributed by atoms with van der Waals surface area (Å²) in [6.45, 7) is 7.74. The van der Waals surface area contributed by atoms with Crippen LogP contribution in [0.1, 0.15) is 43.0 Å². The van der Waals surface area contributed by atoms with Crippen molar-refractivity contribution in [3.8, 4) is 5.75 Å². The molecule has 1 aromatic heterocycles. The number of nitrogens with zero attached hydrogens (tertiary/aromatic N) is 2. The minimum absolute atomic E-state index is 0.119. The summed E-state index contributed by atoms with van der Waals surface area (Å²) in [6, 6.07) is 8.39. The number of rotatable bonds is 8. The van der Waals surface area contributed by atoms with Crippen LogP contribution >= 0.6 is 0 Å². The van der Waals surface area contributed by atoms with Crippen LogP contribution in [0.2, 0.25) is 0 Å². The predicted octanol–water partition coefficient (Wildman–Crippen LogP) is 2.91. The van der Waals surface area contributed by atoms with E-state index in [-0.39, 0.29) is 5.56 Å². The monoisotopic (exact) mass is 398 g/mol. The highest BCUT2D eigenvalue weighted by molar-refractivity contribution is 5.31. The Labute approximate surface area is 171 Å². The van der Waals surface area contributed by atoms with E-state index in [4.69, 9.17) is 9.47 Å². The molecule has 0 spiro atoms. The van der Waals surface area contributed by atoms with Crippen molar-refractivity contribution in [2.45, 2.75) is 45.9 Å². The summed E-state index contributed by atoms with van der Waals surface area (Å²) in [5.74, 6) is 2.26. The summed E-state index contributed by atoms with van der Waals surface area (Å²) in [7, 11) is 0. The number of likely N-dealkylation sites (tertiary alicyclic amines) is 1. The van der Waals surface area contributed by atoms with Crippen LogP contribution < -0.4 is 15.6 Å². The van der Waals surface area contributed by atoms with Crippen LogP contribution in [0.15, 0.2) is 29.1 Å². The summed E-state index contributed by atoms with van der Waals surface area (Å²) in [6.07, 6.45) is 3.40. The van der Waals surface area contributed by atoms with Gasteiger partial charge in [0, 0.05) is 13.1 Å². The third-order valence-electron chi connectivity index (χ3n) is 5.65. The Morgan fingerprint density at radius 1 is 1.31 bits per heavy atom. The molecule has 156 valence electrons. The fraction of sp³-hybridized carbons (Fsp3) is 0.545. The minimum Gasteiger partial charge on any atom is -0.494 e. The number of ether oxygens (including phenoxy) is 2. The van der Waals surface area contributed by atoms with E-state index < -0.39 is 0 Å².